The molecule has 0 amide bonds. The Bertz CT molecular complexity index is 118. The Kier molecular flexibility index (Phi) is 3.35. The zero-order valence-corrected chi connectivity index (χ0v) is 6.17. The lowest BCUT2D eigenvalue weighted by Crippen LogP contribution is -2.07. The van der Waals surface area contributed by atoms with Crippen molar-refractivity contribution in [1.29, 1.82) is 0 Å². The van der Waals surface area contributed by atoms with Gasteiger partial charge in [0, 0.05) is 11.9 Å². The average Bonchev–Trinajstić information content (AvgIpc) is 1.67. The van der Waals surface area contributed by atoms with Gasteiger partial charge in [-0.1, -0.05) is 12.2 Å². The number of thiocarbonyl (C=S) groups is 1. The number of rotatable bonds is 2. The maximum absolute atomic E-state index is 4.81. The molecule has 0 saturated heterocycles. The van der Waals surface area contributed by atoms with E-state index >= 15 is 0 Å². The molecule has 0 fully saturated rings. The summed E-state index contributed by atoms with van der Waals surface area (Å²) in [6.07, 6.45) is 0. The van der Waals surface area contributed by atoms with Crippen LogP contribution >= 0.6 is 12.2 Å². The van der Waals surface area contributed by atoms with Crippen LogP contribution in [0, 0.1) is 0 Å². The summed E-state index contributed by atoms with van der Waals surface area (Å²) in [6, 6.07) is 0. The fourth-order valence-electron chi connectivity index (χ4n) is 0.246. The second kappa shape index (κ2) is 3.55. The van der Waals surface area contributed by atoms with E-state index in [0.29, 0.717) is 0 Å². The van der Waals surface area contributed by atoms with Crippen LogP contribution in [0.1, 0.15) is 13.8 Å². The van der Waals surface area contributed by atoms with Gasteiger partial charge in [0.1, 0.15) is 0 Å². The largest absolute Gasteiger partial charge is 0.313 e. The minimum absolute atomic E-state index is 0.833. The van der Waals surface area contributed by atoms with Gasteiger partial charge in [-0.25, -0.2) is 0 Å². The lowest BCUT2D eigenvalue weighted by molar-refractivity contribution is 0.903. The number of nitrogens with zero attached hydrogens (tertiary/aromatic N) is 1. The Balaban J connectivity index is 3.80. The molecular formula is C5H10N2S. The van der Waals surface area contributed by atoms with Crippen LogP contribution in [0.5, 0.6) is 0 Å². The fourth-order valence-corrected chi connectivity index (χ4v) is 0.292. The van der Waals surface area contributed by atoms with Gasteiger partial charge in [0.2, 0.25) is 0 Å². The van der Waals surface area contributed by atoms with Crippen LogP contribution < -0.4 is 5.43 Å². The van der Waals surface area contributed by atoms with E-state index in [1.807, 2.05) is 13.8 Å². The molecule has 0 aromatic heterocycles. The molecule has 8 heavy (non-hydrogen) atoms. The van der Waals surface area contributed by atoms with E-state index in [4.69, 9.17) is 12.2 Å². The third-order valence-corrected chi connectivity index (χ3v) is 1.08. The van der Waals surface area contributed by atoms with Crippen LogP contribution in [-0.4, -0.2) is 17.6 Å². The molecule has 0 aliphatic rings. The molecule has 0 spiro atoms. The van der Waals surface area contributed by atoms with Crippen molar-refractivity contribution in [1.82, 2.24) is 5.43 Å². The van der Waals surface area contributed by atoms with Crippen molar-refractivity contribution < 1.29 is 0 Å². The first-order chi connectivity index (χ1) is 3.68. The van der Waals surface area contributed by atoms with E-state index < -0.39 is 0 Å². The standard InChI is InChI=1S/C5H10N2S/c1-4(5(2)8)7-6-3/h6H,1-3H3. The van der Waals surface area contributed by atoms with Crippen molar-refractivity contribution in [2.75, 3.05) is 7.05 Å². The molecule has 0 saturated carbocycles. The molecule has 46 valence electrons. The van der Waals surface area contributed by atoms with Gasteiger partial charge in [0.05, 0.1) is 5.71 Å². The molecule has 0 rings (SSSR count). The third kappa shape index (κ3) is 2.69. The zero-order chi connectivity index (χ0) is 6.57. The summed E-state index contributed by atoms with van der Waals surface area (Å²) < 4.78 is 0. The smallest absolute Gasteiger partial charge is 0.0708 e. The van der Waals surface area contributed by atoms with Gasteiger partial charge in [-0.2, -0.15) is 5.10 Å². The second-order valence-electron chi connectivity index (χ2n) is 1.48. The Morgan fingerprint density at radius 2 is 2.00 bits per heavy atom. The minimum Gasteiger partial charge on any atom is -0.313 e. The molecule has 3 heteroatoms. The Hall–Kier alpha value is -0.440. The predicted molar refractivity (Wildman–Crippen MR) is 40.4 cm³/mol. The Morgan fingerprint density at radius 3 is 2.12 bits per heavy atom. The van der Waals surface area contributed by atoms with Gasteiger partial charge in [-0.05, 0) is 13.8 Å². The first kappa shape index (κ1) is 7.56. The highest BCUT2D eigenvalue weighted by Gasteiger charge is 1.88. The molecule has 0 heterocycles. The van der Waals surface area contributed by atoms with Crippen LogP contribution in [0.4, 0.5) is 0 Å². The molecule has 1 N–H and O–H groups in total. The molecule has 0 aromatic rings. The summed E-state index contributed by atoms with van der Waals surface area (Å²) in [5, 5.41) is 3.85. The van der Waals surface area contributed by atoms with Gasteiger partial charge in [-0.3, -0.25) is 0 Å². The highest BCUT2D eigenvalue weighted by atomic mass is 32.1. The lowest BCUT2D eigenvalue weighted by atomic mass is 10.3. The minimum atomic E-state index is 0.833. The van der Waals surface area contributed by atoms with Crippen molar-refractivity contribution in [3.63, 3.8) is 0 Å². The fraction of sp³-hybridized carbons (Fsp3) is 0.600. The van der Waals surface area contributed by atoms with Crippen molar-refractivity contribution in [2.45, 2.75) is 13.8 Å². The van der Waals surface area contributed by atoms with Gasteiger partial charge >= 0.3 is 0 Å². The quantitative estimate of drug-likeness (QED) is 0.342. The van der Waals surface area contributed by atoms with Gasteiger partial charge in [0.25, 0.3) is 0 Å². The van der Waals surface area contributed by atoms with E-state index in [9.17, 15) is 0 Å². The van der Waals surface area contributed by atoms with Crippen molar-refractivity contribution >= 4 is 22.8 Å². The molecular weight excluding hydrogens is 120 g/mol. The third-order valence-electron chi connectivity index (χ3n) is 0.789. The Labute approximate surface area is 55.0 Å². The maximum Gasteiger partial charge on any atom is 0.0708 e. The number of hydrazone groups is 1. The summed E-state index contributed by atoms with van der Waals surface area (Å²) >= 11 is 4.81. The number of nitrogens with one attached hydrogen (secondary N) is 1. The van der Waals surface area contributed by atoms with Gasteiger partial charge in [-0.15, -0.1) is 0 Å². The molecule has 0 aliphatic heterocycles. The monoisotopic (exact) mass is 130 g/mol. The Morgan fingerprint density at radius 1 is 1.50 bits per heavy atom. The molecule has 2 nitrogen and oxygen atoms in total. The topological polar surface area (TPSA) is 24.4 Å². The molecule has 0 aromatic carbocycles. The highest BCUT2D eigenvalue weighted by molar-refractivity contribution is 7.82. The van der Waals surface area contributed by atoms with E-state index in [2.05, 4.69) is 10.5 Å². The van der Waals surface area contributed by atoms with Crippen LogP contribution in [0.3, 0.4) is 0 Å². The first-order valence-electron chi connectivity index (χ1n) is 2.40. The lowest BCUT2D eigenvalue weighted by Gasteiger charge is -1.92. The van der Waals surface area contributed by atoms with Crippen molar-refractivity contribution in [3.05, 3.63) is 0 Å². The van der Waals surface area contributed by atoms with Crippen molar-refractivity contribution in [3.8, 4) is 0 Å². The zero-order valence-electron chi connectivity index (χ0n) is 5.36. The number of hydrogen-bond donors (Lipinski definition) is 1. The molecule has 0 aliphatic carbocycles. The van der Waals surface area contributed by atoms with Crippen LogP contribution in [0.25, 0.3) is 0 Å². The second-order valence-corrected chi connectivity index (χ2v) is 2.09. The van der Waals surface area contributed by atoms with Crippen molar-refractivity contribution in [2.24, 2.45) is 5.10 Å². The first-order valence-corrected chi connectivity index (χ1v) is 2.81. The van der Waals surface area contributed by atoms with E-state index in [1.165, 1.54) is 0 Å². The highest BCUT2D eigenvalue weighted by Crippen LogP contribution is 1.79. The molecule has 0 atom stereocenters. The van der Waals surface area contributed by atoms with E-state index in [-0.39, 0.29) is 0 Å². The molecule has 0 unspecified atom stereocenters. The molecule has 0 bridgehead atoms. The summed E-state index contributed by atoms with van der Waals surface area (Å²) in [4.78, 5) is 0.833. The summed E-state index contributed by atoms with van der Waals surface area (Å²) in [5.41, 5.74) is 3.53. The predicted octanol–water partition coefficient (Wildman–Crippen LogP) is 0.972. The maximum atomic E-state index is 4.81. The average molecular weight is 130 g/mol. The number of hydrogen-bond acceptors (Lipinski definition) is 3. The van der Waals surface area contributed by atoms with E-state index in [0.717, 1.165) is 10.6 Å². The summed E-state index contributed by atoms with van der Waals surface area (Å²) in [7, 11) is 1.75. The normalized spacial score (nSPS) is 11.1. The van der Waals surface area contributed by atoms with Crippen LogP contribution in [-0.2, 0) is 0 Å². The van der Waals surface area contributed by atoms with Crippen LogP contribution in [0.15, 0.2) is 5.10 Å². The summed E-state index contributed by atoms with van der Waals surface area (Å²) in [6.45, 7) is 3.73. The SMILES string of the molecule is CNN=C(C)C(C)=S. The molecule has 0 radical (unpaired) electrons. The van der Waals surface area contributed by atoms with Gasteiger partial charge in [0.15, 0.2) is 0 Å². The van der Waals surface area contributed by atoms with Gasteiger partial charge < -0.3 is 5.43 Å². The van der Waals surface area contributed by atoms with Crippen LogP contribution in [0.2, 0.25) is 0 Å². The summed E-state index contributed by atoms with van der Waals surface area (Å²) in [5.74, 6) is 0. The van der Waals surface area contributed by atoms with E-state index in [1.54, 1.807) is 7.05 Å².